The zero-order valence-corrected chi connectivity index (χ0v) is 9.10. The van der Waals surface area contributed by atoms with Crippen molar-refractivity contribution in [3.63, 3.8) is 0 Å². The summed E-state index contributed by atoms with van der Waals surface area (Å²) in [4.78, 5) is 0. The molecule has 0 aromatic heterocycles. The lowest BCUT2D eigenvalue weighted by molar-refractivity contribution is 0.249. The van der Waals surface area contributed by atoms with Crippen molar-refractivity contribution in [1.82, 2.24) is 0 Å². The number of methoxy groups -OCH3 is 1. The molecule has 1 rings (SSSR count). The minimum Gasteiger partial charge on any atom is -0.496 e. The number of aliphatic hydroxyl groups is 1. The minimum atomic E-state index is -0.433. The summed E-state index contributed by atoms with van der Waals surface area (Å²) in [7, 11) is 1.63. The molecule has 0 heterocycles. The van der Waals surface area contributed by atoms with E-state index in [9.17, 15) is 0 Å². The van der Waals surface area contributed by atoms with Gasteiger partial charge in [0.15, 0.2) is 0 Å². The van der Waals surface area contributed by atoms with E-state index in [4.69, 9.17) is 21.3 Å². The molecule has 1 aromatic rings. The third-order valence-electron chi connectivity index (χ3n) is 2.48. The minimum absolute atomic E-state index is 0.119. The number of rotatable bonds is 4. The first-order valence-electron chi connectivity index (χ1n) is 4.86. The van der Waals surface area contributed by atoms with Crippen molar-refractivity contribution >= 4 is 0 Å². The zero-order chi connectivity index (χ0) is 11.4. The molecule has 2 unspecified atom stereocenters. The van der Waals surface area contributed by atoms with Gasteiger partial charge in [0.25, 0.3) is 0 Å². The Morgan fingerprint density at radius 3 is 2.53 bits per heavy atom. The van der Waals surface area contributed by atoms with E-state index in [1.54, 1.807) is 7.11 Å². The molecule has 0 bridgehead atoms. The van der Waals surface area contributed by atoms with E-state index in [2.05, 4.69) is 0 Å². The number of aryl methyl sites for hydroxylation is 1. The number of ether oxygens (including phenoxy) is 1. The molecule has 0 spiro atoms. The van der Waals surface area contributed by atoms with Crippen LogP contribution in [0.5, 0.6) is 5.75 Å². The molecular formula is C11H18N2O2. The molecule has 0 aliphatic carbocycles. The predicted octanol–water partition coefficient (Wildman–Crippen LogP) is 0.323. The fourth-order valence-corrected chi connectivity index (χ4v) is 1.47. The van der Waals surface area contributed by atoms with Gasteiger partial charge in [-0.25, -0.2) is 0 Å². The Balaban J connectivity index is 2.92. The lowest BCUT2D eigenvalue weighted by Crippen LogP contribution is -2.37. The van der Waals surface area contributed by atoms with E-state index in [-0.39, 0.29) is 12.6 Å². The first kappa shape index (κ1) is 12.0. The Labute approximate surface area is 89.8 Å². The Morgan fingerprint density at radius 1 is 1.40 bits per heavy atom. The summed E-state index contributed by atoms with van der Waals surface area (Å²) in [6.07, 6.45) is 0. The van der Waals surface area contributed by atoms with E-state index in [0.717, 1.165) is 16.9 Å². The molecule has 4 heteroatoms. The van der Waals surface area contributed by atoms with Crippen molar-refractivity contribution < 1.29 is 9.84 Å². The van der Waals surface area contributed by atoms with Gasteiger partial charge in [-0.1, -0.05) is 12.1 Å². The van der Waals surface area contributed by atoms with Crippen LogP contribution in [0.2, 0.25) is 0 Å². The molecule has 0 saturated carbocycles. The summed E-state index contributed by atoms with van der Waals surface area (Å²) in [5.41, 5.74) is 13.5. The van der Waals surface area contributed by atoms with E-state index in [0.29, 0.717) is 0 Å². The van der Waals surface area contributed by atoms with E-state index < -0.39 is 6.04 Å². The van der Waals surface area contributed by atoms with Crippen molar-refractivity contribution in [1.29, 1.82) is 0 Å². The molecule has 2 atom stereocenters. The average molecular weight is 210 g/mol. The fraction of sp³-hybridized carbons (Fsp3) is 0.455. The fourth-order valence-electron chi connectivity index (χ4n) is 1.47. The second-order valence-corrected chi connectivity index (χ2v) is 3.60. The largest absolute Gasteiger partial charge is 0.496 e. The zero-order valence-electron chi connectivity index (χ0n) is 9.10. The first-order chi connectivity index (χ1) is 7.10. The lowest BCUT2D eigenvalue weighted by Gasteiger charge is -2.19. The van der Waals surface area contributed by atoms with E-state index >= 15 is 0 Å². The second-order valence-electron chi connectivity index (χ2n) is 3.60. The summed E-state index contributed by atoms with van der Waals surface area (Å²) in [6, 6.07) is 4.87. The van der Waals surface area contributed by atoms with Crippen LogP contribution in [0.1, 0.15) is 17.2 Å². The van der Waals surface area contributed by atoms with Gasteiger partial charge in [-0.15, -0.1) is 0 Å². The third kappa shape index (κ3) is 2.68. The van der Waals surface area contributed by atoms with Crippen LogP contribution in [0.15, 0.2) is 18.2 Å². The summed E-state index contributed by atoms with van der Waals surface area (Å²) in [5.74, 6) is 0.823. The van der Waals surface area contributed by atoms with Gasteiger partial charge in [-0.2, -0.15) is 0 Å². The summed E-state index contributed by atoms with van der Waals surface area (Å²) in [6.45, 7) is 1.83. The molecule has 15 heavy (non-hydrogen) atoms. The van der Waals surface area contributed by atoms with E-state index in [1.807, 2.05) is 25.1 Å². The molecule has 0 fully saturated rings. The van der Waals surface area contributed by atoms with Crippen molar-refractivity contribution in [3.8, 4) is 5.75 Å². The molecule has 0 radical (unpaired) electrons. The highest BCUT2D eigenvalue weighted by Crippen LogP contribution is 2.22. The maximum atomic E-state index is 8.91. The molecular weight excluding hydrogens is 192 g/mol. The van der Waals surface area contributed by atoms with Gasteiger partial charge in [0.05, 0.1) is 13.7 Å². The SMILES string of the molecule is COc1ccc(C(N)C(N)CO)cc1C. The molecule has 1 aromatic carbocycles. The maximum absolute atomic E-state index is 8.91. The first-order valence-corrected chi connectivity index (χ1v) is 4.86. The number of aliphatic hydroxyl groups excluding tert-OH is 1. The van der Waals surface area contributed by atoms with Crippen molar-refractivity contribution in [2.24, 2.45) is 11.5 Å². The summed E-state index contributed by atoms with van der Waals surface area (Å²) in [5, 5.41) is 8.91. The molecule has 0 aliphatic rings. The standard InChI is InChI=1S/C11H18N2O2/c1-7-5-8(3-4-10(7)15-2)11(13)9(12)6-14/h3-5,9,11,14H,6,12-13H2,1-2H3. The van der Waals surface area contributed by atoms with Crippen molar-refractivity contribution in [3.05, 3.63) is 29.3 Å². The van der Waals surface area contributed by atoms with Gasteiger partial charge < -0.3 is 21.3 Å². The van der Waals surface area contributed by atoms with Crippen LogP contribution in [-0.4, -0.2) is 24.9 Å². The monoisotopic (exact) mass is 210 g/mol. The van der Waals surface area contributed by atoms with Crippen LogP contribution in [0.3, 0.4) is 0 Å². The molecule has 4 nitrogen and oxygen atoms in total. The normalized spacial score (nSPS) is 14.7. The highest BCUT2D eigenvalue weighted by molar-refractivity contribution is 5.37. The van der Waals surface area contributed by atoms with Gasteiger partial charge in [0, 0.05) is 12.1 Å². The maximum Gasteiger partial charge on any atom is 0.121 e. The number of benzene rings is 1. The lowest BCUT2D eigenvalue weighted by atomic mass is 9.99. The highest BCUT2D eigenvalue weighted by atomic mass is 16.5. The molecule has 84 valence electrons. The Morgan fingerprint density at radius 2 is 2.07 bits per heavy atom. The third-order valence-corrected chi connectivity index (χ3v) is 2.48. The van der Waals surface area contributed by atoms with Crippen LogP contribution in [0.25, 0.3) is 0 Å². The van der Waals surface area contributed by atoms with Crippen LogP contribution >= 0.6 is 0 Å². The molecule has 0 aliphatic heterocycles. The van der Waals surface area contributed by atoms with E-state index in [1.165, 1.54) is 0 Å². The summed E-state index contributed by atoms with van der Waals surface area (Å²) < 4.78 is 5.15. The quantitative estimate of drug-likeness (QED) is 0.668. The van der Waals surface area contributed by atoms with Gasteiger partial charge in [0.1, 0.15) is 5.75 Å². The Bertz CT molecular complexity index is 328. The van der Waals surface area contributed by atoms with Crippen LogP contribution in [0, 0.1) is 6.92 Å². The number of hydrogen-bond donors (Lipinski definition) is 3. The average Bonchev–Trinajstić information content (AvgIpc) is 2.26. The van der Waals surface area contributed by atoms with Gasteiger partial charge in [-0.3, -0.25) is 0 Å². The van der Waals surface area contributed by atoms with Crippen LogP contribution in [0.4, 0.5) is 0 Å². The number of nitrogens with two attached hydrogens (primary N) is 2. The number of hydrogen-bond acceptors (Lipinski definition) is 4. The molecule has 0 saturated heterocycles. The van der Waals surface area contributed by atoms with Gasteiger partial charge >= 0.3 is 0 Å². The smallest absolute Gasteiger partial charge is 0.121 e. The van der Waals surface area contributed by atoms with Gasteiger partial charge in [-0.05, 0) is 24.1 Å². The van der Waals surface area contributed by atoms with Crippen LogP contribution in [-0.2, 0) is 0 Å². The van der Waals surface area contributed by atoms with Crippen LogP contribution < -0.4 is 16.2 Å². The topological polar surface area (TPSA) is 81.5 Å². The van der Waals surface area contributed by atoms with Crippen molar-refractivity contribution in [2.75, 3.05) is 13.7 Å². The Kier molecular flexibility index (Phi) is 4.08. The molecule has 0 amide bonds. The molecule has 5 N–H and O–H groups in total. The summed E-state index contributed by atoms with van der Waals surface area (Å²) >= 11 is 0. The highest BCUT2D eigenvalue weighted by Gasteiger charge is 2.15. The predicted molar refractivity (Wildman–Crippen MR) is 59.7 cm³/mol. The van der Waals surface area contributed by atoms with Crippen molar-refractivity contribution in [2.45, 2.75) is 19.0 Å². The Hall–Kier alpha value is -1.10. The second kappa shape index (κ2) is 5.11. The van der Waals surface area contributed by atoms with Gasteiger partial charge in [0.2, 0.25) is 0 Å².